The molecular weight excluding hydrogens is 446 g/mol. The second-order valence-corrected chi connectivity index (χ2v) is 7.10. The van der Waals surface area contributed by atoms with E-state index in [-0.39, 0.29) is 5.41 Å². The first-order valence-electron chi connectivity index (χ1n) is 6.39. The molecule has 1 aromatic heterocycles. The molecule has 0 amide bonds. The van der Waals surface area contributed by atoms with Crippen LogP contribution in [-0.4, -0.2) is 15.6 Å². The van der Waals surface area contributed by atoms with Gasteiger partial charge in [-0.3, -0.25) is 4.98 Å². The average Bonchev–Trinajstić information content (AvgIpc) is 2.47. The molecule has 0 bridgehead atoms. The summed E-state index contributed by atoms with van der Waals surface area (Å²) in [6.07, 6.45) is 2.76. The highest BCUT2D eigenvalue weighted by Crippen LogP contribution is 2.33. The molecule has 4 heteroatoms. The first-order valence-corrected chi connectivity index (χ1v) is 9.43. The van der Waals surface area contributed by atoms with E-state index in [1.807, 2.05) is 12.3 Å². The molecule has 0 saturated heterocycles. The van der Waals surface area contributed by atoms with Crippen LogP contribution in [0.2, 0.25) is 0 Å². The van der Waals surface area contributed by atoms with Crippen LogP contribution in [0.15, 0.2) is 47.1 Å². The Labute approximate surface area is 145 Å². The Hall–Kier alpha value is -0.190. The number of hydrogen-bond acceptors (Lipinski definition) is 1. The van der Waals surface area contributed by atoms with E-state index in [0.29, 0.717) is 0 Å². The van der Waals surface area contributed by atoms with Gasteiger partial charge in [-0.25, -0.2) is 0 Å². The highest BCUT2D eigenvalue weighted by molar-refractivity contribution is 9.10. The number of halogens is 3. The minimum atomic E-state index is 0.0207. The van der Waals surface area contributed by atoms with Gasteiger partial charge in [0.05, 0.1) is 0 Å². The van der Waals surface area contributed by atoms with Crippen LogP contribution in [0.1, 0.15) is 16.8 Å². The smallest absolute Gasteiger partial charge is 0.0413 e. The topological polar surface area (TPSA) is 12.9 Å². The van der Waals surface area contributed by atoms with Crippen LogP contribution in [0, 0.1) is 6.92 Å². The number of aryl methyl sites for hydroxylation is 1. The number of rotatable bonds is 5. The zero-order valence-corrected chi connectivity index (χ0v) is 16.0. The van der Waals surface area contributed by atoms with Crippen molar-refractivity contribution in [1.82, 2.24) is 4.98 Å². The van der Waals surface area contributed by atoms with Crippen LogP contribution < -0.4 is 0 Å². The summed E-state index contributed by atoms with van der Waals surface area (Å²) in [6.45, 7) is 2.13. The van der Waals surface area contributed by atoms with E-state index in [1.165, 1.54) is 11.1 Å². The molecule has 2 rings (SSSR count). The molecule has 0 saturated carbocycles. The molecule has 1 heterocycles. The molecule has 0 unspecified atom stereocenters. The fourth-order valence-corrected chi connectivity index (χ4v) is 4.43. The normalized spacial score (nSPS) is 11.6. The fourth-order valence-electron chi connectivity index (χ4n) is 2.22. The van der Waals surface area contributed by atoms with Crippen molar-refractivity contribution in [3.8, 4) is 0 Å². The van der Waals surface area contributed by atoms with Crippen molar-refractivity contribution in [3.63, 3.8) is 0 Å². The quantitative estimate of drug-likeness (QED) is 0.541. The van der Waals surface area contributed by atoms with E-state index in [0.717, 1.165) is 27.2 Å². The number of benzene rings is 1. The Balaban J connectivity index is 2.36. The molecule has 106 valence electrons. The average molecular weight is 462 g/mol. The Morgan fingerprint density at radius 3 is 2.40 bits per heavy atom. The summed E-state index contributed by atoms with van der Waals surface area (Å²) in [7, 11) is 0. The monoisotopic (exact) mass is 459 g/mol. The zero-order valence-electron chi connectivity index (χ0n) is 11.2. The number of nitrogens with zero attached hydrogens (tertiary/aromatic N) is 1. The standard InChI is InChI=1S/C16H16Br3N/c1-12-3-2-4-13(7-12)16(10-17,11-18)8-15-6-5-14(19)9-20-15/h2-7,9H,8,10-11H2,1H3. The third-order valence-electron chi connectivity index (χ3n) is 3.45. The van der Waals surface area contributed by atoms with Gasteiger partial charge in [-0.1, -0.05) is 61.7 Å². The zero-order chi connectivity index (χ0) is 14.6. The number of pyridine rings is 1. The van der Waals surface area contributed by atoms with Crippen LogP contribution in [0.5, 0.6) is 0 Å². The SMILES string of the molecule is Cc1cccc(C(CBr)(CBr)Cc2ccc(Br)cn2)c1. The molecule has 0 aliphatic carbocycles. The van der Waals surface area contributed by atoms with Crippen molar-refractivity contribution in [3.05, 3.63) is 63.9 Å². The highest BCUT2D eigenvalue weighted by Gasteiger charge is 2.31. The lowest BCUT2D eigenvalue weighted by Gasteiger charge is -2.31. The van der Waals surface area contributed by atoms with Gasteiger partial charge < -0.3 is 0 Å². The van der Waals surface area contributed by atoms with E-state index >= 15 is 0 Å². The molecule has 20 heavy (non-hydrogen) atoms. The van der Waals surface area contributed by atoms with Crippen molar-refractivity contribution in [2.24, 2.45) is 0 Å². The molecule has 0 N–H and O–H groups in total. The molecule has 1 aromatic carbocycles. The van der Waals surface area contributed by atoms with Gasteiger partial charge in [0.1, 0.15) is 0 Å². The molecular formula is C16H16Br3N. The van der Waals surface area contributed by atoms with Gasteiger partial charge in [0.15, 0.2) is 0 Å². The van der Waals surface area contributed by atoms with E-state index in [9.17, 15) is 0 Å². The molecule has 0 aliphatic heterocycles. The third kappa shape index (κ3) is 3.71. The van der Waals surface area contributed by atoms with E-state index in [4.69, 9.17) is 0 Å². The Morgan fingerprint density at radius 1 is 1.10 bits per heavy atom. The minimum absolute atomic E-state index is 0.0207. The molecule has 0 aliphatic rings. The minimum Gasteiger partial charge on any atom is -0.260 e. The van der Waals surface area contributed by atoms with Crippen LogP contribution in [-0.2, 0) is 11.8 Å². The summed E-state index contributed by atoms with van der Waals surface area (Å²) >= 11 is 10.8. The van der Waals surface area contributed by atoms with Crippen molar-refractivity contribution in [2.75, 3.05) is 10.7 Å². The van der Waals surface area contributed by atoms with Crippen LogP contribution in [0.25, 0.3) is 0 Å². The van der Waals surface area contributed by atoms with Crippen LogP contribution >= 0.6 is 47.8 Å². The molecule has 0 radical (unpaired) electrons. The predicted octanol–water partition coefficient (Wildman–Crippen LogP) is 5.42. The summed E-state index contributed by atoms with van der Waals surface area (Å²) in [4.78, 5) is 4.52. The molecule has 0 atom stereocenters. The van der Waals surface area contributed by atoms with Crippen molar-refractivity contribution >= 4 is 47.8 Å². The second kappa shape index (κ2) is 7.19. The largest absolute Gasteiger partial charge is 0.260 e. The van der Waals surface area contributed by atoms with Gasteiger partial charge in [0.25, 0.3) is 0 Å². The Morgan fingerprint density at radius 2 is 1.85 bits per heavy atom. The Kier molecular flexibility index (Phi) is 5.82. The van der Waals surface area contributed by atoms with Gasteiger partial charge in [0, 0.05) is 38.9 Å². The van der Waals surface area contributed by atoms with Gasteiger partial charge in [-0.15, -0.1) is 0 Å². The predicted molar refractivity (Wildman–Crippen MR) is 96.1 cm³/mol. The van der Waals surface area contributed by atoms with Crippen molar-refractivity contribution < 1.29 is 0 Å². The molecule has 2 aromatic rings. The lowest BCUT2D eigenvalue weighted by atomic mass is 9.80. The summed E-state index contributed by atoms with van der Waals surface area (Å²) < 4.78 is 1.01. The lowest BCUT2D eigenvalue weighted by molar-refractivity contribution is 0.542. The van der Waals surface area contributed by atoms with Gasteiger partial charge in [-0.05, 0) is 40.5 Å². The van der Waals surface area contributed by atoms with Crippen molar-refractivity contribution in [2.45, 2.75) is 18.8 Å². The summed E-state index contributed by atoms with van der Waals surface area (Å²) in [5, 5.41) is 1.79. The van der Waals surface area contributed by atoms with E-state index in [2.05, 4.69) is 90.0 Å². The van der Waals surface area contributed by atoms with Crippen LogP contribution in [0.3, 0.4) is 0 Å². The summed E-state index contributed by atoms with van der Waals surface area (Å²) in [5.41, 5.74) is 3.76. The number of alkyl halides is 2. The van der Waals surface area contributed by atoms with Gasteiger partial charge >= 0.3 is 0 Å². The van der Waals surface area contributed by atoms with Crippen molar-refractivity contribution in [1.29, 1.82) is 0 Å². The van der Waals surface area contributed by atoms with Gasteiger partial charge in [-0.2, -0.15) is 0 Å². The van der Waals surface area contributed by atoms with Crippen LogP contribution in [0.4, 0.5) is 0 Å². The summed E-state index contributed by atoms with van der Waals surface area (Å²) in [6, 6.07) is 12.9. The highest BCUT2D eigenvalue weighted by atomic mass is 79.9. The lowest BCUT2D eigenvalue weighted by Crippen LogP contribution is -2.33. The molecule has 0 fully saturated rings. The second-order valence-electron chi connectivity index (χ2n) is 5.06. The third-order valence-corrected chi connectivity index (χ3v) is 6.07. The van der Waals surface area contributed by atoms with E-state index in [1.54, 1.807) is 0 Å². The maximum absolute atomic E-state index is 4.52. The van der Waals surface area contributed by atoms with E-state index < -0.39 is 0 Å². The molecule has 0 spiro atoms. The number of aromatic nitrogens is 1. The van der Waals surface area contributed by atoms with Gasteiger partial charge in [0.2, 0.25) is 0 Å². The Bertz CT molecular complexity index is 562. The molecule has 1 nitrogen and oxygen atoms in total. The number of hydrogen-bond donors (Lipinski definition) is 0. The first kappa shape index (κ1) is 16.2. The maximum atomic E-state index is 4.52. The maximum Gasteiger partial charge on any atom is 0.0413 e. The fraction of sp³-hybridized carbons (Fsp3) is 0.312. The first-order chi connectivity index (χ1) is 9.59. The summed E-state index contributed by atoms with van der Waals surface area (Å²) in [5.74, 6) is 0.